The Morgan fingerprint density at radius 1 is 0.944 bits per heavy atom. The molecule has 71 heavy (non-hydrogen) atoms. The Bertz CT molecular complexity index is 2450. The van der Waals surface area contributed by atoms with E-state index in [-0.39, 0.29) is 53.5 Å². The third kappa shape index (κ3) is 16.6. The molecular weight excluding hydrogens is 939 g/mol. The predicted octanol–water partition coefficient (Wildman–Crippen LogP) is 8.88. The number of nitrogens with one attached hydrogen (secondary N) is 3. The van der Waals surface area contributed by atoms with Crippen LogP contribution >= 0.6 is 11.9 Å². The van der Waals surface area contributed by atoms with E-state index in [4.69, 9.17) is 4.74 Å². The highest BCUT2D eigenvalue weighted by atomic mass is 32.2. The van der Waals surface area contributed by atoms with Crippen LogP contribution in [-0.4, -0.2) is 110 Å². The van der Waals surface area contributed by atoms with Gasteiger partial charge in [-0.15, -0.1) is 0 Å². The van der Waals surface area contributed by atoms with Crippen molar-refractivity contribution < 1.29 is 41.8 Å². The van der Waals surface area contributed by atoms with Crippen LogP contribution in [0.5, 0.6) is 0 Å². The first kappa shape index (κ1) is 54.9. The van der Waals surface area contributed by atoms with E-state index in [1.165, 1.54) is 60.4 Å². The fraction of sp³-hybridized carbons (Fsp3) is 0.538. The summed E-state index contributed by atoms with van der Waals surface area (Å²) >= 11 is 1.37. The molecule has 1 unspecified atom stereocenters. The Morgan fingerprint density at radius 3 is 2.30 bits per heavy atom. The molecule has 2 aromatic heterocycles. The molecule has 3 aliphatic heterocycles. The molecule has 1 aliphatic carbocycles. The number of carbonyl (C=O) groups is 3. The third-order valence-corrected chi connectivity index (χ3v) is 13.6. The van der Waals surface area contributed by atoms with Crippen LogP contribution in [0.2, 0.25) is 0 Å². The average molecular weight is 1010 g/mol. The van der Waals surface area contributed by atoms with Crippen molar-refractivity contribution in [3.8, 4) is 23.1 Å². The van der Waals surface area contributed by atoms with Crippen molar-refractivity contribution in [2.45, 2.75) is 140 Å². The quantitative estimate of drug-likeness (QED) is 0.0462. The summed E-state index contributed by atoms with van der Waals surface area (Å²) in [6, 6.07) is 12.6. The van der Waals surface area contributed by atoms with Crippen LogP contribution in [0.15, 0.2) is 66.0 Å². The standard InChI is InChI=1S/C26H33N3O4.C24H28F4N6OS.C2H6/c1-28-14-10-21(11-15-28)26(32)29-16-12-22(13-17-29)33-18-2-3-19-4-6-20(7-5-19)23-8-9-24(30)27-25(23)31;1-23(2,35)14-34-13-15(11-30-34)21-18(24(26,27)28)12-29-22(32-21)31-20-9-8-17(10-19(20)25)36-33-16-6-4-3-5-7-16;1-2/h4-7,21-23H,8-18H2,1H3,(H,27,30,31);8-13,16,33,35H,3-7,14H2,1-2H3,(H,29,31,32);1-2H3. The summed E-state index contributed by atoms with van der Waals surface area (Å²) in [5.41, 5.74) is -0.638. The minimum absolute atomic E-state index is 0.0421. The Balaban J connectivity index is 0.000000225. The van der Waals surface area contributed by atoms with E-state index in [0.29, 0.717) is 42.5 Å². The molecule has 0 radical (unpaired) electrons. The maximum Gasteiger partial charge on any atom is 0.419 e. The molecule has 4 N–H and O–H groups in total. The number of hydrogen-bond donors (Lipinski definition) is 4. The number of hydrogen-bond acceptors (Lipinski definition) is 12. The first-order chi connectivity index (χ1) is 34.0. The lowest BCUT2D eigenvalue weighted by molar-refractivity contribution is -0.139. The molecule has 14 nitrogen and oxygen atoms in total. The van der Waals surface area contributed by atoms with Gasteiger partial charge in [-0.25, -0.2) is 14.4 Å². The maximum atomic E-state index is 14.8. The number of alkyl halides is 3. The molecule has 2 aromatic carbocycles. The number of amides is 3. The van der Waals surface area contributed by atoms with Crippen LogP contribution < -0.4 is 15.4 Å². The molecule has 3 saturated heterocycles. The Morgan fingerprint density at radius 2 is 1.65 bits per heavy atom. The summed E-state index contributed by atoms with van der Waals surface area (Å²) < 4.78 is 66.4. The molecule has 1 saturated carbocycles. The number of anilines is 2. The van der Waals surface area contributed by atoms with E-state index in [1.54, 1.807) is 19.9 Å². The third-order valence-electron chi connectivity index (χ3n) is 12.7. The first-order valence-corrected chi connectivity index (χ1v) is 25.5. The van der Waals surface area contributed by atoms with Gasteiger partial charge in [-0.1, -0.05) is 57.1 Å². The van der Waals surface area contributed by atoms with Gasteiger partial charge in [0.2, 0.25) is 23.7 Å². The van der Waals surface area contributed by atoms with Crippen LogP contribution in [0, 0.1) is 23.6 Å². The molecule has 4 aliphatic rings. The number of aliphatic hydroxyl groups is 1. The highest BCUT2D eigenvalue weighted by Crippen LogP contribution is 2.37. The monoisotopic (exact) mass is 1010 g/mol. The van der Waals surface area contributed by atoms with E-state index >= 15 is 0 Å². The summed E-state index contributed by atoms with van der Waals surface area (Å²) in [6.07, 6.45) is 9.10. The molecule has 1 atom stereocenters. The molecule has 0 spiro atoms. The van der Waals surface area contributed by atoms with Gasteiger partial charge in [0.05, 0.1) is 41.7 Å². The average Bonchev–Trinajstić information content (AvgIpc) is 3.81. The second kappa shape index (κ2) is 25.8. The normalized spacial score (nSPS) is 18.6. The minimum Gasteiger partial charge on any atom is -0.389 e. The number of piperidine rings is 3. The lowest BCUT2D eigenvalue weighted by atomic mass is 9.90. The number of benzene rings is 2. The van der Waals surface area contributed by atoms with Gasteiger partial charge in [-0.3, -0.25) is 29.1 Å². The molecule has 8 rings (SSSR count). The molecule has 0 bridgehead atoms. The van der Waals surface area contributed by atoms with Crippen molar-refractivity contribution in [1.29, 1.82) is 0 Å². The SMILES string of the molecule is CC.CC(C)(O)Cn1cc(-c2nc(Nc3ccc(SNC4CCCCC4)cc3F)ncc2C(F)(F)F)cn1.CN1CCC(C(=O)N2CCC(OCC#Cc3ccc(C4CCC(=O)NC4=O)cc3)CC2)CC1. The van der Waals surface area contributed by atoms with Gasteiger partial charge in [0.25, 0.3) is 0 Å². The number of rotatable bonds is 12. The van der Waals surface area contributed by atoms with Crippen molar-refractivity contribution in [2.75, 3.05) is 45.2 Å². The highest BCUT2D eigenvalue weighted by Gasteiger charge is 2.36. The van der Waals surface area contributed by atoms with Gasteiger partial charge >= 0.3 is 6.18 Å². The lowest BCUT2D eigenvalue weighted by Crippen LogP contribution is -2.46. The van der Waals surface area contributed by atoms with Gasteiger partial charge < -0.3 is 25.0 Å². The molecule has 19 heteroatoms. The predicted molar refractivity (Wildman–Crippen MR) is 266 cm³/mol. The van der Waals surface area contributed by atoms with E-state index in [0.717, 1.165) is 75.8 Å². The van der Waals surface area contributed by atoms with Crippen LogP contribution in [0.3, 0.4) is 0 Å². The summed E-state index contributed by atoms with van der Waals surface area (Å²) in [5, 5.41) is 19.1. The second-order valence-electron chi connectivity index (χ2n) is 18.9. The zero-order valence-corrected chi connectivity index (χ0v) is 42.1. The van der Waals surface area contributed by atoms with Crippen LogP contribution in [-0.2, 0) is 31.8 Å². The van der Waals surface area contributed by atoms with Crippen LogP contribution in [0.25, 0.3) is 11.3 Å². The Kier molecular flexibility index (Phi) is 20.0. The Hall–Kier alpha value is -5.39. The van der Waals surface area contributed by atoms with Gasteiger partial charge in [0, 0.05) is 59.9 Å². The van der Waals surface area contributed by atoms with Crippen molar-refractivity contribution in [2.24, 2.45) is 5.92 Å². The molecule has 4 fully saturated rings. The number of imide groups is 1. The number of nitrogens with zero attached hydrogens (tertiary/aromatic N) is 6. The van der Waals surface area contributed by atoms with E-state index in [1.807, 2.05) is 43.0 Å². The lowest BCUT2D eigenvalue weighted by Gasteiger charge is -2.36. The summed E-state index contributed by atoms with van der Waals surface area (Å²) in [6.45, 7) is 11.1. The minimum atomic E-state index is -4.71. The van der Waals surface area contributed by atoms with Gasteiger partial charge in [-0.05, 0) is 127 Å². The van der Waals surface area contributed by atoms with Gasteiger partial charge in [0.1, 0.15) is 18.0 Å². The molecule has 3 amide bonds. The summed E-state index contributed by atoms with van der Waals surface area (Å²) in [5.74, 6) is 5.23. The molecular formula is C52H67F4N9O5S. The smallest absolute Gasteiger partial charge is 0.389 e. The summed E-state index contributed by atoms with van der Waals surface area (Å²) in [7, 11) is 2.11. The van der Waals surface area contributed by atoms with E-state index < -0.39 is 28.9 Å². The van der Waals surface area contributed by atoms with E-state index in [9.17, 15) is 37.1 Å². The largest absolute Gasteiger partial charge is 0.419 e. The maximum absolute atomic E-state index is 14.8. The number of carbonyl (C=O) groups excluding carboxylic acids is 3. The number of aromatic nitrogens is 4. The van der Waals surface area contributed by atoms with Gasteiger partial charge in [-0.2, -0.15) is 18.3 Å². The van der Waals surface area contributed by atoms with Crippen molar-refractivity contribution in [3.05, 3.63) is 83.6 Å². The van der Waals surface area contributed by atoms with Crippen molar-refractivity contribution in [3.63, 3.8) is 0 Å². The number of likely N-dealkylation sites (tertiary alicyclic amines) is 2. The van der Waals surface area contributed by atoms with E-state index in [2.05, 4.69) is 54.2 Å². The van der Waals surface area contributed by atoms with Crippen LogP contribution in [0.1, 0.15) is 121 Å². The zero-order valence-electron chi connectivity index (χ0n) is 41.3. The number of halogens is 4. The fourth-order valence-electron chi connectivity index (χ4n) is 8.86. The first-order valence-electron chi connectivity index (χ1n) is 24.7. The van der Waals surface area contributed by atoms with Crippen LogP contribution in [0.4, 0.5) is 29.2 Å². The second-order valence-corrected chi connectivity index (χ2v) is 19.8. The van der Waals surface area contributed by atoms with Crippen molar-refractivity contribution >= 4 is 41.3 Å². The fourth-order valence-corrected chi connectivity index (χ4v) is 9.69. The summed E-state index contributed by atoms with van der Waals surface area (Å²) in [4.78, 5) is 48.8. The molecule has 4 aromatic rings. The zero-order chi connectivity index (χ0) is 51.1. The number of ether oxygens (including phenoxy) is 1. The molecule has 384 valence electrons. The topological polar surface area (TPSA) is 167 Å². The molecule has 5 heterocycles. The highest BCUT2D eigenvalue weighted by molar-refractivity contribution is 7.97. The van der Waals surface area contributed by atoms with Gasteiger partial charge in [0.15, 0.2) is 0 Å². The van der Waals surface area contributed by atoms with Crippen molar-refractivity contribution in [1.82, 2.24) is 39.6 Å². The Labute approximate surface area is 418 Å².